The minimum Gasteiger partial charge on any atom is -0.467 e. The average Bonchev–Trinajstić information content (AvgIpc) is 3.41. The van der Waals surface area contributed by atoms with Gasteiger partial charge in [-0.2, -0.15) is 0 Å². The van der Waals surface area contributed by atoms with E-state index < -0.39 is 0 Å². The Bertz CT molecular complexity index is 957. The smallest absolute Gasteiger partial charge is 0.274 e. The van der Waals surface area contributed by atoms with Gasteiger partial charge in [-0.05, 0) is 36.4 Å². The lowest BCUT2D eigenvalue weighted by molar-refractivity contribution is 0.0943. The van der Waals surface area contributed by atoms with Crippen molar-refractivity contribution < 1.29 is 13.6 Å². The van der Waals surface area contributed by atoms with E-state index >= 15 is 0 Å². The zero-order valence-electron chi connectivity index (χ0n) is 13.1. The molecule has 0 spiro atoms. The van der Waals surface area contributed by atoms with Gasteiger partial charge in [-0.25, -0.2) is 4.68 Å². The van der Waals surface area contributed by atoms with Crippen LogP contribution in [-0.4, -0.2) is 20.9 Å². The summed E-state index contributed by atoms with van der Waals surface area (Å²) in [5.74, 6) is 0.810. The predicted molar refractivity (Wildman–Crippen MR) is 88.9 cm³/mol. The molecule has 7 heteroatoms. The predicted octanol–water partition coefficient (Wildman–Crippen LogP) is 3.05. The van der Waals surface area contributed by atoms with E-state index in [2.05, 4.69) is 15.6 Å². The first-order valence-electron chi connectivity index (χ1n) is 7.68. The van der Waals surface area contributed by atoms with Crippen LogP contribution in [0.2, 0.25) is 0 Å². The molecular weight excluding hydrogens is 320 g/mol. The van der Waals surface area contributed by atoms with Gasteiger partial charge < -0.3 is 14.2 Å². The maximum Gasteiger partial charge on any atom is 0.274 e. The molecule has 0 unspecified atom stereocenters. The van der Waals surface area contributed by atoms with Gasteiger partial charge in [-0.1, -0.05) is 23.4 Å². The molecule has 0 fully saturated rings. The Morgan fingerprint density at radius 1 is 1.00 bits per heavy atom. The van der Waals surface area contributed by atoms with Crippen LogP contribution in [0.5, 0.6) is 0 Å². The summed E-state index contributed by atoms with van der Waals surface area (Å²) in [7, 11) is 0. The van der Waals surface area contributed by atoms with Crippen molar-refractivity contribution in [1.82, 2.24) is 20.3 Å². The zero-order chi connectivity index (χ0) is 17.1. The molecule has 4 rings (SSSR count). The molecule has 0 bridgehead atoms. The van der Waals surface area contributed by atoms with Crippen LogP contribution in [0.1, 0.15) is 16.2 Å². The Kier molecular flexibility index (Phi) is 3.88. The largest absolute Gasteiger partial charge is 0.467 e. The van der Waals surface area contributed by atoms with Gasteiger partial charge in [0.2, 0.25) is 0 Å². The molecule has 0 aliphatic carbocycles. The highest BCUT2D eigenvalue weighted by Gasteiger charge is 2.23. The Morgan fingerprint density at radius 2 is 1.80 bits per heavy atom. The number of carbonyl (C=O) groups excluding carboxylic acids is 1. The highest BCUT2D eigenvalue weighted by atomic mass is 16.3. The fourth-order valence-electron chi connectivity index (χ4n) is 2.48. The number of aromatic nitrogens is 3. The molecule has 0 radical (unpaired) electrons. The van der Waals surface area contributed by atoms with E-state index in [-0.39, 0.29) is 18.1 Å². The van der Waals surface area contributed by atoms with E-state index in [1.54, 1.807) is 41.5 Å². The van der Waals surface area contributed by atoms with Gasteiger partial charge in [-0.3, -0.25) is 4.79 Å². The molecule has 0 atom stereocenters. The van der Waals surface area contributed by atoms with Crippen LogP contribution >= 0.6 is 0 Å². The second kappa shape index (κ2) is 6.48. The van der Waals surface area contributed by atoms with Crippen LogP contribution in [0.25, 0.3) is 17.1 Å². The summed E-state index contributed by atoms with van der Waals surface area (Å²) in [6, 6.07) is 16.5. The number of benzene rings is 1. The monoisotopic (exact) mass is 334 g/mol. The summed E-state index contributed by atoms with van der Waals surface area (Å²) in [5, 5.41) is 11.0. The lowest BCUT2D eigenvalue weighted by Crippen LogP contribution is -2.23. The minimum atomic E-state index is -0.356. The SMILES string of the molecule is O=C(NCc1ccco1)c1nnn(-c2ccccc2)c1-c1ccco1. The van der Waals surface area contributed by atoms with Gasteiger partial charge in [0.15, 0.2) is 11.5 Å². The maximum absolute atomic E-state index is 12.6. The molecule has 0 saturated heterocycles. The third kappa shape index (κ3) is 2.94. The second-order valence-electron chi connectivity index (χ2n) is 5.27. The average molecular weight is 334 g/mol. The maximum atomic E-state index is 12.6. The quantitative estimate of drug-likeness (QED) is 0.606. The van der Waals surface area contributed by atoms with Crippen molar-refractivity contribution in [1.29, 1.82) is 0 Å². The molecule has 1 aromatic carbocycles. The normalized spacial score (nSPS) is 10.7. The number of furan rings is 2. The lowest BCUT2D eigenvalue weighted by Gasteiger charge is -2.06. The summed E-state index contributed by atoms with van der Waals surface area (Å²) >= 11 is 0. The van der Waals surface area contributed by atoms with E-state index in [0.29, 0.717) is 17.2 Å². The van der Waals surface area contributed by atoms with Crippen molar-refractivity contribution in [2.45, 2.75) is 6.54 Å². The second-order valence-corrected chi connectivity index (χ2v) is 5.27. The van der Waals surface area contributed by atoms with Crippen LogP contribution in [0.3, 0.4) is 0 Å². The van der Waals surface area contributed by atoms with Crippen LogP contribution in [0.4, 0.5) is 0 Å². The Hall–Kier alpha value is -3.61. The molecule has 4 aromatic rings. The van der Waals surface area contributed by atoms with Crippen molar-refractivity contribution in [3.05, 3.63) is 78.6 Å². The molecule has 0 aliphatic heterocycles. The first-order valence-corrected chi connectivity index (χ1v) is 7.68. The third-order valence-corrected chi connectivity index (χ3v) is 3.64. The molecule has 1 amide bonds. The highest BCUT2D eigenvalue weighted by Crippen LogP contribution is 2.25. The van der Waals surface area contributed by atoms with E-state index in [0.717, 1.165) is 5.69 Å². The number of para-hydroxylation sites is 1. The molecule has 0 aliphatic rings. The number of amides is 1. The Balaban J connectivity index is 1.70. The number of hydrogen-bond acceptors (Lipinski definition) is 5. The summed E-state index contributed by atoms with van der Waals surface area (Å²) in [6.45, 7) is 0.266. The van der Waals surface area contributed by atoms with Gasteiger partial charge in [0.25, 0.3) is 5.91 Å². The minimum absolute atomic E-state index is 0.186. The molecule has 1 N–H and O–H groups in total. The van der Waals surface area contributed by atoms with E-state index in [4.69, 9.17) is 8.83 Å². The fraction of sp³-hybridized carbons (Fsp3) is 0.0556. The molecule has 0 saturated carbocycles. The van der Waals surface area contributed by atoms with Gasteiger partial charge in [0, 0.05) is 0 Å². The van der Waals surface area contributed by atoms with Gasteiger partial charge in [0.05, 0.1) is 24.8 Å². The summed E-state index contributed by atoms with van der Waals surface area (Å²) in [5.41, 5.74) is 1.46. The van der Waals surface area contributed by atoms with Crippen LogP contribution in [-0.2, 0) is 6.54 Å². The molecular formula is C18H14N4O3. The van der Waals surface area contributed by atoms with E-state index in [1.807, 2.05) is 30.3 Å². The van der Waals surface area contributed by atoms with Gasteiger partial charge >= 0.3 is 0 Å². The van der Waals surface area contributed by atoms with Crippen molar-refractivity contribution >= 4 is 5.91 Å². The zero-order valence-corrected chi connectivity index (χ0v) is 13.1. The Labute approximate surface area is 142 Å². The number of nitrogens with zero attached hydrogens (tertiary/aromatic N) is 3. The van der Waals surface area contributed by atoms with Gasteiger partial charge in [-0.15, -0.1) is 5.10 Å². The first kappa shape index (κ1) is 14.9. The molecule has 124 valence electrons. The standard InChI is InChI=1S/C18H14N4O3/c23-18(19-12-14-8-4-10-24-14)16-17(15-9-5-11-25-15)22(21-20-16)13-6-2-1-3-7-13/h1-11H,12H2,(H,19,23). The van der Waals surface area contributed by atoms with Crippen molar-refractivity contribution in [2.75, 3.05) is 0 Å². The third-order valence-electron chi connectivity index (χ3n) is 3.64. The van der Waals surface area contributed by atoms with E-state index in [9.17, 15) is 4.79 Å². The first-order chi connectivity index (χ1) is 12.3. The number of rotatable bonds is 5. The van der Waals surface area contributed by atoms with Crippen LogP contribution in [0.15, 0.2) is 76.0 Å². The summed E-state index contributed by atoms with van der Waals surface area (Å²) < 4.78 is 12.3. The molecule has 3 aromatic heterocycles. The fourth-order valence-corrected chi connectivity index (χ4v) is 2.48. The summed E-state index contributed by atoms with van der Waals surface area (Å²) in [6.07, 6.45) is 3.10. The molecule has 3 heterocycles. The van der Waals surface area contributed by atoms with Crippen LogP contribution in [0, 0.1) is 0 Å². The van der Waals surface area contributed by atoms with Crippen LogP contribution < -0.4 is 5.32 Å². The number of nitrogens with one attached hydrogen (secondary N) is 1. The van der Waals surface area contributed by atoms with Crippen molar-refractivity contribution in [3.63, 3.8) is 0 Å². The van der Waals surface area contributed by atoms with E-state index in [1.165, 1.54) is 0 Å². The van der Waals surface area contributed by atoms with Crippen molar-refractivity contribution in [2.24, 2.45) is 0 Å². The number of hydrogen-bond donors (Lipinski definition) is 1. The molecule has 25 heavy (non-hydrogen) atoms. The summed E-state index contributed by atoms with van der Waals surface area (Å²) in [4.78, 5) is 12.6. The molecule has 7 nitrogen and oxygen atoms in total. The Morgan fingerprint density at radius 3 is 2.52 bits per heavy atom. The topological polar surface area (TPSA) is 86.1 Å². The number of carbonyl (C=O) groups is 1. The van der Waals surface area contributed by atoms with Crippen molar-refractivity contribution in [3.8, 4) is 17.1 Å². The van der Waals surface area contributed by atoms with Gasteiger partial charge in [0.1, 0.15) is 11.5 Å². The highest BCUT2D eigenvalue weighted by molar-refractivity contribution is 5.97. The lowest BCUT2D eigenvalue weighted by atomic mass is 10.2.